The predicted octanol–water partition coefficient (Wildman–Crippen LogP) is 2.93. The second-order valence-electron chi connectivity index (χ2n) is 4.01. The molecule has 1 aliphatic rings. The summed E-state index contributed by atoms with van der Waals surface area (Å²) in [4.78, 5) is 11.7. The first kappa shape index (κ1) is 13.1. The van der Waals surface area contributed by atoms with Crippen LogP contribution in [0.25, 0.3) is 0 Å². The highest BCUT2D eigenvalue weighted by Gasteiger charge is 2.43. The molecule has 0 saturated heterocycles. The van der Waals surface area contributed by atoms with Gasteiger partial charge in [-0.2, -0.15) is 13.2 Å². The third-order valence-electron chi connectivity index (χ3n) is 2.78. The van der Waals surface area contributed by atoms with Crippen molar-refractivity contribution in [2.45, 2.75) is 19.1 Å². The SMILES string of the molecule is O=C(N1CCc2cc(Cl)c(F)cc2C1)C(F)(F)F. The average Bonchev–Trinajstić information content (AvgIpc) is 2.28. The minimum atomic E-state index is -4.90. The second-order valence-corrected chi connectivity index (χ2v) is 4.42. The lowest BCUT2D eigenvalue weighted by atomic mass is 9.99. The number of alkyl halides is 3. The maximum absolute atomic E-state index is 13.2. The predicted molar refractivity (Wildman–Crippen MR) is 56.6 cm³/mol. The lowest BCUT2D eigenvalue weighted by Crippen LogP contribution is -2.43. The zero-order chi connectivity index (χ0) is 13.5. The van der Waals surface area contributed by atoms with Crippen LogP contribution >= 0.6 is 11.6 Å². The van der Waals surface area contributed by atoms with Crippen LogP contribution in [0.5, 0.6) is 0 Å². The van der Waals surface area contributed by atoms with E-state index in [1.54, 1.807) is 0 Å². The highest BCUT2D eigenvalue weighted by Crippen LogP contribution is 2.28. The van der Waals surface area contributed by atoms with Crippen molar-refractivity contribution < 1.29 is 22.4 Å². The van der Waals surface area contributed by atoms with Gasteiger partial charge < -0.3 is 4.90 Å². The summed E-state index contributed by atoms with van der Waals surface area (Å²) in [5.74, 6) is -2.60. The number of hydrogen-bond acceptors (Lipinski definition) is 1. The van der Waals surface area contributed by atoms with E-state index in [-0.39, 0.29) is 24.5 Å². The molecule has 18 heavy (non-hydrogen) atoms. The molecule has 0 fully saturated rings. The molecule has 0 spiro atoms. The summed E-state index contributed by atoms with van der Waals surface area (Å²) < 4.78 is 50.0. The summed E-state index contributed by atoms with van der Waals surface area (Å²) in [5, 5.41) is -0.0654. The number of carbonyl (C=O) groups excluding carboxylic acids is 1. The van der Waals surface area contributed by atoms with Crippen molar-refractivity contribution in [3.8, 4) is 0 Å². The Morgan fingerprint density at radius 1 is 1.28 bits per heavy atom. The Kier molecular flexibility index (Phi) is 3.23. The number of amides is 1. The van der Waals surface area contributed by atoms with Crippen LogP contribution in [0.3, 0.4) is 0 Å². The molecule has 1 aromatic carbocycles. The first-order chi connectivity index (χ1) is 8.29. The van der Waals surface area contributed by atoms with Crippen LogP contribution in [0.4, 0.5) is 17.6 Å². The molecular formula is C11H8ClF4NO. The summed E-state index contributed by atoms with van der Waals surface area (Å²) in [6, 6.07) is 2.47. The van der Waals surface area contributed by atoms with Crippen LogP contribution in [0.1, 0.15) is 11.1 Å². The van der Waals surface area contributed by atoms with Crippen molar-refractivity contribution in [1.29, 1.82) is 0 Å². The van der Waals surface area contributed by atoms with Crippen LogP contribution in [0, 0.1) is 5.82 Å². The van der Waals surface area contributed by atoms with Crippen molar-refractivity contribution in [3.63, 3.8) is 0 Å². The molecule has 2 rings (SSSR count). The molecule has 0 atom stereocenters. The van der Waals surface area contributed by atoms with Crippen LogP contribution in [-0.2, 0) is 17.8 Å². The van der Waals surface area contributed by atoms with E-state index in [0.717, 1.165) is 6.07 Å². The molecule has 2 nitrogen and oxygen atoms in total. The van der Waals surface area contributed by atoms with Gasteiger partial charge in [-0.3, -0.25) is 4.79 Å². The first-order valence-corrected chi connectivity index (χ1v) is 5.49. The van der Waals surface area contributed by atoms with Crippen molar-refractivity contribution in [3.05, 3.63) is 34.1 Å². The molecule has 1 amide bonds. The Bertz CT molecular complexity index is 501. The molecule has 98 valence electrons. The second kappa shape index (κ2) is 4.42. The number of rotatable bonds is 0. The van der Waals surface area contributed by atoms with Crippen LogP contribution in [-0.4, -0.2) is 23.5 Å². The number of carbonyl (C=O) groups is 1. The number of benzene rings is 1. The topological polar surface area (TPSA) is 20.3 Å². The number of nitrogens with zero attached hydrogens (tertiary/aromatic N) is 1. The molecule has 0 aliphatic carbocycles. The normalized spacial score (nSPS) is 15.5. The molecular weight excluding hydrogens is 274 g/mol. The maximum atomic E-state index is 13.2. The van der Waals surface area contributed by atoms with Gasteiger partial charge in [-0.15, -0.1) is 0 Å². The fourth-order valence-electron chi connectivity index (χ4n) is 1.90. The Morgan fingerprint density at radius 2 is 1.94 bits per heavy atom. The monoisotopic (exact) mass is 281 g/mol. The summed E-state index contributed by atoms with van der Waals surface area (Å²) in [7, 11) is 0. The van der Waals surface area contributed by atoms with E-state index in [0.29, 0.717) is 16.0 Å². The van der Waals surface area contributed by atoms with Gasteiger partial charge in [-0.1, -0.05) is 11.6 Å². The standard InChI is InChI=1S/C11H8ClF4NO/c12-8-3-6-1-2-17(10(18)11(14,15)16)5-7(6)4-9(8)13/h3-4H,1-2,5H2. The van der Waals surface area contributed by atoms with E-state index in [4.69, 9.17) is 11.6 Å². The van der Waals surface area contributed by atoms with Gasteiger partial charge in [-0.25, -0.2) is 4.39 Å². The lowest BCUT2D eigenvalue weighted by Gasteiger charge is -2.29. The van der Waals surface area contributed by atoms with Crippen LogP contribution < -0.4 is 0 Å². The Balaban J connectivity index is 2.25. The quantitative estimate of drug-likeness (QED) is 0.670. The number of fused-ring (bicyclic) bond motifs is 1. The van der Waals surface area contributed by atoms with E-state index >= 15 is 0 Å². The third kappa shape index (κ3) is 2.43. The largest absolute Gasteiger partial charge is 0.471 e. The van der Waals surface area contributed by atoms with Gasteiger partial charge in [0.1, 0.15) is 5.82 Å². The molecule has 1 aromatic rings. The summed E-state index contributed by atoms with van der Waals surface area (Å²) >= 11 is 5.58. The molecule has 0 unspecified atom stereocenters. The van der Waals surface area contributed by atoms with Gasteiger partial charge in [0.2, 0.25) is 0 Å². The van der Waals surface area contributed by atoms with Crippen LogP contribution in [0.15, 0.2) is 12.1 Å². The molecule has 1 aliphatic heterocycles. The molecule has 0 saturated carbocycles. The Hall–Kier alpha value is -1.30. The molecule has 0 bridgehead atoms. The summed E-state index contributed by atoms with van der Waals surface area (Å²) in [5.41, 5.74) is 1.04. The highest BCUT2D eigenvalue weighted by molar-refractivity contribution is 6.30. The number of halogens is 5. The van der Waals surface area contributed by atoms with Gasteiger partial charge in [0.25, 0.3) is 0 Å². The zero-order valence-electron chi connectivity index (χ0n) is 9.02. The molecule has 7 heteroatoms. The Morgan fingerprint density at radius 3 is 2.56 bits per heavy atom. The summed E-state index contributed by atoms with van der Waals surface area (Å²) in [6.07, 6.45) is -4.67. The maximum Gasteiger partial charge on any atom is 0.471 e. The minimum Gasteiger partial charge on any atom is -0.330 e. The van der Waals surface area contributed by atoms with Gasteiger partial charge in [-0.05, 0) is 29.7 Å². The van der Waals surface area contributed by atoms with Gasteiger partial charge in [0.15, 0.2) is 0 Å². The van der Waals surface area contributed by atoms with E-state index in [2.05, 4.69) is 0 Å². The van der Waals surface area contributed by atoms with E-state index < -0.39 is 17.9 Å². The average molecular weight is 282 g/mol. The lowest BCUT2D eigenvalue weighted by molar-refractivity contribution is -0.186. The fraction of sp³-hybridized carbons (Fsp3) is 0.364. The van der Waals surface area contributed by atoms with Gasteiger partial charge >= 0.3 is 12.1 Å². The van der Waals surface area contributed by atoms with Crippen molar-refractivity contribution in [2.75, 3.05) is 6.54 Å². The first-order valence-electron chi connectivity index (χ1n) is 5.12. The van der Waals surface area contributed by atoms with Crippen molar-refractivity contribution in [1.82, 2.24) is 4.90 Å². The van der Waals surface area contributed by atoms with Crippen molar-refractivity contribution in [2.24, 2.45) is 0 Å². The Labute approximate surface area is 105 Å². The van der Waals surface area contributed by atoms with E-state index in [1.165, 1.54) is 6.07 Å². The van der Waals surface area contributed by atoms with Gasteiger partial charge in [0, 0.05) is 13.1 Å². The molecule has 1 heterocycles. The third-order valence-corrected chi connectivity index (χ3v) is 3.07. The van der Waals surface area contributed by atoms with Crippen molar-refractivity contribution >= 4 is 17.5 Å². The van der Waals surface area contributed by atoms with Gasteiger partial charge in [0.05, 0.1) is 5.02 Å². The fourth-order valence-corrected chi connectivity index (χ4v) is 2.09. The smallest absolute Gasteiger partial charge is 0.330 e. The van der Waals surface area contributed by atoms with E-state index in [1.807, 2.05) is 0 Å². The molecule has 0 aromatic heterocycles. The summed E-state index contributed by atoms with van der Waals surface area (Å²) in [6.45, 7) is -0.297. The minimum absolute atomic E-state index is 0.0483. The highest BCUT2D eigenvalue weighted by atomic mass is 35.5. The van der Waals surface area contributed by atoms with E-state index in [9.17, 15) is 22.4 Å². The van der Waals surface area contributed by atoms with Crippen LogP contribution in [0.2, 0.25) is 5.02 Å². The zero-order valence-corrected chi connectivity index (χ0v) is 9.78. The molecule has 0 radical (unpaired) electrons. The molecule has 0 N–H and O–H groups in total. The number of hydrogen-bond donors (Lipinski definition) is 0.